The summed E-state index contributed by atoms with van der Waals surface area (Å²) in [6.07, 6.45) is 1.18. The Balaban J connectivity index is 3.85. The van der Waals surface area contributed by atoms with Crippen molar-refractivity contribution in [3.8, 4) is 0 Å². The molecule has 0 radical (unpaired) electrons. The molecule has 0 fully saturated rings. The molecule has 0 heterocycles. The van der Waals surface area contributed by atoms with Gasteiger partial charge in [0.2, 0.25) is 0 Å². The Labute approximate surface area is 70.0 Å². The van der Waals surface area contributed by atoms with Crippen molar-refractivity contribution in [2.75, 3.05) is 13.7 Å². The fraction of sp³-hybridized carbons (Fsp3) is 0.429. The highest BCUT2D eigenvalue weighted by Crippen LogP contribution is 1.87. The second-order valence-corrected chi connectivity index (χ2v) is 2.10. The maximum atomic E-state index is 10.6. The fourth-order valence-corrected chi connectivity index (χ4v) is 0.502. The molecule has 0 saturated heterocycles. The van der Waals surface area contributed by atoms with Crippen molar-refractivity contribution in [1.82, 2.24) is 5.32 Å². The molecule has 0 spiro atoms. The lowest BCUT2D eigenvalue weighted by Gasteiger charge is -2.01. The number of aliphatic carboxylic acids is 1. The monoisotopic (exact) mass is 173 g/mol. The van der Waals surface area contributed by atoms with Gasteiger partial charge in [-0.1, -0.05) is 0 Å². The molecule has 0 aliphatic carbocycles. The van der Waals surface area contributed by atoms with E-state index in [4.69, 9.17) is 5.11 Å². The van der Waals surface area contributed by atoms with E-state index in [0.717, 1.165) is 0 Å². The van der Waals surface area contributed by atoms with Crippen LogP contribution in [0.3, 0.4) is 0 Å². The van der Waals surface area contributed by atoms with Crippen LogP contribution in [0.15, 0.2) is 11.8 Å². The van der Waals surface area contributed by atoms with Crippen LogP contribution in [0.5, 0.6) is 0 Å². The number of ether oxygens (including phenoxy) is 1. The third-order valence-electron chi connectivity index (χ3n) is 1.05. The summed E-state index contributed by atoms with van der Waals surface area (Å²) in [6, 6.07) is 0. The molecule has 0 bridgehead atoms. The van der Waals surface area contributed by atoms with Gasteiger partial charge in [0.05, 0.1) is 7.11 Å². The van der Waals surface area contributed by atoms with Crippen LogP contribution in [0, 0.1) is 0 Å². The molecule has 0 unspecified atom stereocenters. The second kappa shape index (κ2) is 5.17. The third kappa shape index (κ3) is 5.28. The second-order valence-electron chi connectivity index (χ2n) is 2.10. The lowest BCUT2D eigenvalue weighted by molar-refractivity contribution is -0.136. The lowest BCUT2D eigenvalue weighted by Crippen LogP contribution is -2.21. The van der Waals surface area contributed by atoms with Gasteiger partial charge in [-0.2, -0.15) is 0 Å². The van der Waals surface area contributed by atoms with E-state index in [1.165, 1.54) is 13.2 Å². The minimum absolute atomic E-state index is 0.209. The SMILES string of the molecule is COC(=O)C=C(C)NCC(=O)O. The topological polar surface area (TPSA) is 75.6 Å². The van der Waals surface area contributed by atoms with Gasteiger partial charge in [-0.25, -0.2) is 4.79 Å². The molecule has 0 rings (SSSR count). The Morgan fingerprint density at radius 3 is 2.58 bits per heavy atom. The van der Waals surface area contributed by atoms with E-state index in [2.05, 4.69) is 10.1 Å². The van der Waals surface area contributed by atoms with Crippen LogP contribution in [0.25, 0.3) is 0 Å². The predicted octanol–water partition coefficient (Wildman–Crippen LogP) is -0.263. The molecular formula is C7H11NO4. The van der Waals surface area contributed by atoms with Crippen LogP contribution in [-0.4, -0.2) is 30.7 Å². The lowest BCUT2D eigenvalue weighted by atomic mass is 10.4. The van der Waals surface area contributed by atoms with Gasteiger partial charge >= 0.3 is 11.9 Å². The molecule has 0 amide bonds. The van der Waals surface area contributed by atoms with Crippen molar-refractivity contribution in [3.05, 3.63) is 11.8 Å². The molecule has 2 N–H and O–H groups in total. The minimum Gasteiger partial charge on any atom is -0.480 e. The molecule has 5 nitrogen and oxygen atoms in total. The number of carbonyl (C=O) groups is 2. The maximum Gasteiger partial charge on any atom is 0.332 e. The van der Waals surface area contributed by atoms with E-state index in [0.29, 0.717) is 5.70 Å². The summed E-state index contributed by atoms with van der Waals surface area (Å²) in [6.45, 7) is 1.37. The molecule has 0 aromatic rings. The molecular weight excluding hydrogens is 162 g/mol. The number of carbonyl (C=O) groups excluding carboxylic acids is 1. The summed E-state index contributed by atoms with van der Waals surface area (Å²) in [5.74, 6) is -1.49. The van der Waals surface area contributed by atoms with Gasteiger partial charge in [-0.3, -0.25) is 4.79 Å². The number of carboxylic acids is 1. The largest absolute Gasteiger partial charge is 0.480 e. The van der Waals surface area contributed by atoms with E-state index in [1.54, 1.807) is 6.92 Å². The first kappa shape index (κ1) is 10.5. The van der Waals surface area contributed by atoms with Crippen LogP contribution >= 0.6 is 0 Å². The normalized spacial score (nSPS) is 10.7. The van der Waals surface area contributed by atoms with Crippen molar-refractivity contribution in [2.24, 2.45) is 0 Å². The molecule has 0 aliphatic rings. The zero-order valence-electron chi connectivity index (χ0n) is 6.96. The number of rotatable bonds is 4. The highest BCUT2D eigenvalue weighted by atomic mass is 16.5. The number of methoxy groups -OCH3 is 1. The summed E-state index contributed by atoms with van der Waals surface area (Å²) in [4.78, 5) is 20.6. The molecule has 0 atom stereocenters. The van der Waals surface area contributed by atoms with Gasteiger partial charge in [0.1, 0.15) is 6.54 Å². The summed E-state index contributed by atoms with van der Waals surface area (Å²) in [5, 5.41) is 10.8. The van der Waals surface area contributed by atoms with Crippen molar-refractivity contribution >= 4 is 11.9 Å². The summed E-state index contributed by atoms with van der Waals surface area (Å²) < 4.78 is 4.32. The zero-order valence-corrected chi connectivity index (χ0v) is 6.96. The average Bonchev–Trinajstić information content (AvgIpc) is 2.00. The van der Waals surface area contributed by atoms with Crippen LogP contribution in [0.2, 0.25) is 0 Å². The molecule has 0 aromatic carbocycles. The summed E-state index contributed by atoms with van der Waals surface area (Å²) >= 11 is 0. The molecule has 68 valence electrons. The average molecular weight is 173 g/mol. The quantitative estimate of drug-likeness (QED) is 0.452. The maximum absolute atomic E-state index is 10.6. The smallest absolute Gasteiger partial charge is 0.332 e. The highest BCUT2D eigenvalue weighted by Gasteiger charge is 1.98. The van der Waals surface area contributed by atoms with Gasteiger partial charge < -0.3 is 15.2 Å². The first-order valence-electron chi connectivity index (χ1n) is 3.28. The Kier molecular flexibility index (Phi) is 4.52. The van der Waals surface area contributed by atoms with E-state index in [9.17, 15) is 9.59 Å². The first-order chi connectivity index (χ1) is 5.56. The molecule has 0 saturated carbocycles. The van der Waals surface area contributed by atoms with Gasteiger partial charge in [0.15, 0.2) is 0 Å². The summed E-state index contributed by atoms with van der Waals surface area (Å²) in [5.41, 5.74) is 0.462. The number of esters is 1. The van der Waals surface area contributed by atoms with E-state index in [-0.39, 0.29) is 6.54 Å². The Hall–Kier alpha value is -1.52. The third-order valence-corrected chi connectivity index (χ3v) is 1.05. The van der Waals surface area contributed by atoms with Crippen LogP contribution in [0.4, 0.5) is 0 Å². The van der Waals surface area contributed by atoms with Crippen molar-refractivity contribution in [1.29, 1.82) is 0 Å². The van der Waals surface area contributed by atoms with E-state index < -0.39 is 11.9 Å². The van der Waals surface area contributed by atoms with Gasteiger partial charge in [0.25, 0.3) is 0 Å². The van der Waals surface area contributed by atoms with Gasteiger partial charge in [-0.05, 0) is 6.92 Å². The van der Waals surface area contributed by atoms with Gasteiger partial charge in [0, 0.05) is 11.8 Å². The summed E-state index contributed by atoms with van der Waals surface area (Å²) in [7, 11) is 1.25. The van der Waals surface area contributed by atoms with E-state index in [1.807, 2.05) is 0 Å². The first-order valence-corrected chi connectivity index (χ1v) is 3.28. The number of allylic oxidation sites excluding steroid dienone is 1. The van der Waals surface area contributed by atoms with Crippen molar-refractivity contribution in [2.45, 2.75) is 6.92 Å². The number of nitrogens with one attached hydrogen (secondary N) is 1. The molecule has 0 aromatic heterocycles. The molecule has 12 heavy (non-hydrogen) atoms. The Bertz CT molecular complexity index is 209. The van der Waals surface area contributed by atoms with E-state index >= 15 is 0 Å². The predicted molar refractivity (Wildman–Crippen MR) is 41.4 cm³/mol. The fourth-order valence-electron chi connectivity index (χ4n) is 0.502. The Morgan fingerprint density at radius 2 is 2.17 bits per heavy atom. The van der Waals surface area contributed by atoms with Crippen molar-refractivity contribution < 1.29 is 19.4 Å². The van der Waals surface area contributed by atoms with Crippen LogP contribution in [-0.2, 0) is 14.3 Å². The highest BCUT2D eigenvalue weighted by molar-refractivity contribution is 5.82. The van der Waals surface area contributed by atoms with Gasteiger partial charge in [-0.15, -0.1) is 0 Å². The minimum atomic E-state index is -0.979. The number of hydrogen-bond acceptors (Lipinski definition) is 4. The van der Waals surface area contributed by atoms with Crippen LogP contribution in [0.1, 0.15) is 6.92 Å². The zero-order chi connectivity index (χ0) is 9.56. The van der Waals surface area contributed by atoms with Crippen molar-refractivity contribution in [3.63, 3.8) is 0 Å². The number of carboxylic acid groups (broad SMARTS) is 1. The Morgan fingerprint density at radius 1 is 1.58 bits per heavy atom. The molecule has 5 heteroatoms. The standard InChI is InChI=1S/C7H11NO4/c1-5(3-7(11)12-2)8-4-6(9)10/h3,8H,4H2,1-2H3,(H,9,10). The van der Waals surface area contributed by atoms with Crippen LogP contribution < -0.4 is 5.32 Å². The molecule has 0 aliphatic heterocycles. The number of hydrogen-bond donors (Lipinski definition) is 2.